The number of methoxy groups -OCH3 is 1. The van der Waals surface area contributed by atoms with Crippen molar-refractivity contribution in [2.24, 2.45) is 0 Å². The molecular formula is C18H13FO3. The van der Waals surface area contributed by atoms with Crippen LogP contribution in [0.15, 0.2) is 60.2 Å². The Balaban J connectivity index is 1.92. The summed E-state index contributed by atoms with van der Waals surface area (Å²) in [6.45, 7) is 0. The number of benzene rings is 2. The molecule has 0 fully saturated rings. The van der Waals surface area contributed by atoms with Crippen LogP contribution in [0.4, 0.5) is 4.39 Å². The quantitative estimate of drug-likeness (QED) is 0.638. The summed E-state index contributed by atoms with van der Waals surface area (Å²) in [6.07, 6.45) is 3.37. The van der Waals surface area contributed by atoms with Gasteiger partial charge in [-0.3, -0.25) is 0 Å². The minimum atomic E-state index is -0.429. The van der Waals surface area contributed by atoms with Crippen LogP contribution < -0.4 is 4.74 Å². The van der Waals surface area contributed by atoms with Gasteiger partial charge in [-0.1, -0.05) is 12.1 Å². The largest absolute Gasteiger partial charge is 0.497 e. The van der Waals surface area contributed by atoms with Crippen molar-refractivity contribution in [2.75, 3.05) is 7.11 Å². The molecule has 3 rings (SSSR count). The molecule has 0 amide bonds. The molecule has 0 atom stereocenters. The van der Waals surface area contributed by atoms with Gasteiger partial charge in [-0.2, -0.15) is 0 Å². The van der Waals surface area contributed by atoms with Gasteiger partial charge in [0, 0.05) is 5.56 Å². The number of carbonyl (C=O) groups excluding carboxylic acids is 1. The van der Waals surface area contributed by atoms with Gasteiger partial charge in [-0.25, -0.2) is 9.18 Å². The number of halogens is 1. The summed E-state index contributed by atoms with van der Waals surface area (Å²) in [5, 5.41) is 0. The predicted octanol–water partition coefficient (Wildman–Crippen LogP) is 3.82. The Morgan fingerprint density at radius 1 is 1.14 bits per heavy atom. The number of esters is 1. The van der Waals surface area contributed by atoms with Crippen LogP contribution in [0.2, 0.25) is 0 Å². The molecule has 0 aliphatic carbocycles. The monoisotopic (exact) mass is 296 g/mol. The van der Waals surface area contributed by atoms with Gasteiger partial charge in [0.25, 0.3) is 0 Å². The highest BCUT2D eigenvalue weighted by Gasteiger charge is 2.21. The van der Waals surface area contributed by atoms with E-state index in [-0.39, 0.29) is 5.82 Å². The van der Waals surface area contributed by atoms with E-state index in [0.29, 0.717) is 22.6 Å². The minimum Gasteiger partial charge on any atom is -0.497 e. The number of hydrogen-bond donors (Lipinski definition) is 0. The summed E-state index contributed by atoms with van der Waals surface area (Å²) in [4.78, 5) is 11.9. The highest BCUT2D eigenvalue weighted by Crippen LogP contribution is 2.28. The van der Waals surface area contributed by atoms with E-state index in [1.165, 1.54) is 12.1 Å². The fraction of sp³-hybridized carbons (Fsp3) is 0.0556. The molecule has 1 aliphatic heterocycles. The first-order chi connectivity index (χ1) is 10.7. The molecule has 0 aromatic heterocycles. The van der Waals surface area contributed by atoms with Crippen LogP contribution in [0, 0.1) is 5.82 Å². The van der Waals surface area contributed by atoms with Crippen LogP contribution in [0.5, 0.6) is 5.75 Å². The molecule has 22 heavy (non-hydrogen) atoms. The highest BCUT2D eigenvalue weighted by atomic mass is 19.1. The smallest absolute Gasteiger partial charge is 0.343 e. The summed E-state index contributed by atoms with van der Waals surface area (Å²) in [5.41, 5.74) is 1.93. The molecule has 0 radical (unpaired) electrons. The molecule has 1 aliphatic rings. The lowest BCUT2D eigenvalue weighted by Crippen LogP contribution is -1.97. The van der Waals surface area contributed by atoms with E-state index in [1.54, 1.807) is 31.4 Å². The Bertz CT molecular complexity index is 773. The molecule has 0 spiro atoms. The average molecular weight is 296 g/mol. The van der Waals surface area contributed by atoms with E-state index in [2.05, 4.69) is 0 Å². The van der Waals surface area contributed by atoms with Crippen molar-refractivity contribution in [3.63, 3.8) is 0 Å². The van der Waals surface area contributed by atoms with Gasteiger partial charge in [-0.05, 0) is 54.1 Å². The molecule has 110 valence electrons. The van der Waals surface area contributed by atoms with Crippen LogP contribution in [0.3, 0.4) is 0 Å². The van der Waals surface area contributed by atoms with Gasteiger partial charge >= 0.3 is 5.97 Å². The molecular weight excluding hydrogens is 283 g/mol. The number of hydrogen-bond acceptors (Lipinski definition) is 3. The van der Waals surface area contributed by atoms with E-state index >= 15 is 0 Å². The maximum atomic E-state index is 12.9. The summed E-state index contributed by atoms with van der Waals surface area (Å²) in [5.74, 6) is 0.366. The highest BCUT2D eigenvalue weighted by molar-refractivity contribution is 6.05. The van der Waals surface area contributed by atoms with Crippen LogP contribution in [-0.2, 0) is 9.53 Å². The van der Waals surface area contributed by atoms with Gasteiger partial charge in [0.15, 0.2) is 0 Å². The lowest BCUT2D eigenvalue weighted by atomic mass is 10.1. The third-order valence-corrected chi connectivity index (χ3v) is 3.27. The molecule has 2 aromatic carbocycles. The van der Waals surface area contributed by atoms with Crippen molar-refractivity contribution in [1.29, 1.82) is 0 Å². The number of cyclic esters (lactones) is 1. The summed E-state index contributed by atoms with van der Waals surface area (Å²) >= 11 is 0. The van der Waals surface area contributed by atoms with Crippen LogP contribution in [-0.4, -0.2) is 13.1 Å². The Hall–Kier alpha value is -2.88. The van der Waals surface area contributed by atoms with E-state index < -0.39 is 5.97 Å². The SMILES string of the molecule is COc1cccc(C=C2C=C(c3ccc(F)cc3)OC2=O)c1. The third kappa shape index (κ3) is 2.91. The first kappa shape index (κ1) is 14.1. The van der Waals surface area contributed by atoms with Crippen molar-refractivity contribution < 1.29 is 18.7 Å². The van der Waals surface area contributed by atoms with Gasteiger partial charge in [0.05, 0.1) is 12.7 Å². The van der Waals surface area contributed by atoms with Crippen molar-refractivity contribution in [3.8, 4) is 5.75 Å². The number of rotatable bonds is 3. The average Bonchev–Trinajstić information content (AvgIpc) is 2.89. The Labute approximate surface area is 127 Å². The van der Waals surface area contributed by atoms with Crippen molar-refractivity contribution in [3.05, 3.63) is 77.1 Å². The topological polar surface area (TPSA) is 35.5 Å². The van der Waals surface area contributed by atoms with Gasteiger partial charge in [-0.15, -0.1) is 0 Å². The van der Waals surface area contributed by atoms with Crippen LogP contribution in [0.25, 0.3) is 11.8 Å². The van der Waals surface area contributed by atoms with Crippen LogP contribution >= 0.6 is 0 Å². The number of carbonyl (C=O) groups is 1. The van der Waals surface area contributed by atoms with E-state index in [4.69, 9.17) is 9.47 Å². The first-order valence-corrected chi connectivity index (χ1v) is 6.71. The minimum absolute atomic E-state index is 0.333. The zero-order chi connectivity index (χ0) is 15.5. The Morgan fingerprint density at radius 2 is 1.91 bits per heavy atom. The van der Waals surface area contributed by atoms with Gasteiger partial charge in [0.1, 0.15) is 17.3 Å². The molecule has 0 N–H and O–H groups in total. The molecule has 2 aromatic rings. The van der Waals surface area contributed by atoms with Crippen molar-refractivity contribution in [2.45, 2.75) is 0 Å². The van der Waals surface area contributed by atoms with Gasteiger partial charge < -0.3 is 9.47 Å². The molecule has 0 unspecified atom stereocenters. The molecule has 1 heterocycles. The molecule has 0 saturated carbocycles. The van der Waals surface area contributed by atoms with Crippen molar-refractivity contribution >= 4 is 17.8 Å². The van der Waals surface area contributed by atoms with Gasteiger partial charge in [0.2, 0.25) is 0 Å². The molecule has 0 saturated heterocycles. The lowest BCUT2D eigenvalue weighted by Gasteiger charge is -2.01. The molecule has 4 heteroatoms. The van der Waals surface area contributed by atoms with E-state index in [0.717, 1.165) is 5.56 Å². The maximum absolute atomic E-state index is 12.9. The predicted molar refractivity (Wildman–Crippen MR) is 81.4 cm³/mol. The second-order valence-electron chi connectivity index (χ2n) is 4.78. The van der Waals surface area contributed by atoms with Crippen molar-refractivity contribution in [1.82, 2.24) is 0 Å². The standard InChI is InChI=1S/C18H13FO3/c1-21-16-4-2-3-12(10-16)9-14-11-17(22-18(14)20)13-5-7-15(19)8-6-13/h2-11H,1H3. The second-order valence-corrected chi connectivity index (χ2v) is 4.78. The zero-order valence-electron chi connectivity index (χ0n) is 11.9. The summed E-state index contributed by atoms with van der Waals surface area (Å²) in [7, 11) is 1.59. The maximum Gasteiger partial charge on any atom is 0.343 e. The summed E-state index contributed by atoms with van der Waals surface area (Å²) in [6, 6.07) is 13.2. The number of ether oxygens (including phenoxy) is 2. The normalized spacial score (nSPS) is 15.6. The zero-order valence-corrected chi connectivity index (χ0v) is 11.9. The van der Waals surface area contributed by atoms with E-state index in [9.17, 15) is 9.18 Å². The fourth-order valence-electron chi connectivity index (χ4n) is 2.16. The fourth-order valence-corrected chi connectivity index (χ4v) is 2.16. The molecule has 3 nitrogen and oxygen atoms in total. The lowest BCUT2D eigenvalue weighted by molar-refractivity contribution is -0.130. The molecule has 0 bridgehead atoms. The third-order valence-electron chi connectivity index (χ3n) is 3.27. The Kier molecular flexibility index (Phi) is 3.74. The van der Waals surface area contributed by atoms with Crippen LogP contribution in [0.1, 0.15) is 11.1 Å². The first-order valence-electron chi connectivity index (χ1n) is 6.71. The van der Waals surface area contributed by atoms with E-state index in [1.807, 2.05) is 24.3 Å². The second kappa shape index (κ2) is 5.85. The summed E-state index contributed by atoms with van der Waals surface area (Å²) < 4.78 is 23.3. The Morgan fingerprint density at radius 3 is 2.64 bits per heavy atom.